The van der Waals surface area contributed by atoms with Gasteiger partial charge in [-0.05, 0) is 103 Å². The molecular weight excluding hydrogens is 829 g/mol. The fraction of sp³-hybridized carbons (Fsp3) is 0.656. The van der Waals surface area contributed by atoms with Crippen LogP contribution in [0.15, 0.2) is 109 Å². The Balaban J connectivity index is 4.48. The Labute approximate surface area is 412 Å². The van der Waals surface area contributed by atoms with E-state index in [1.54, 1.807) is 0 Å². The molecule has 0 saturated heterocycles. The minimum atomic E-state index is -0.805. The maximum atomic E-state index is 12.8. The monoisotopic (exact) mass is 929 g/mol. The summed E-state index contributed by atoms with van der Waals surface area (Å²) in [5.41, 5.74) is 0. The Morgan fingerprint density at radius 2 is 0.582 bits per heavy atom. The number of unbranched alkanes of at least 4 members (excludes halogenated alkanes) is 19. The van der Waals surface area contributed by atoms with Crippen LogP contribution in [0, 0.1) is 0 Å². The summed E-state index contributed by atoms with van der Waals surface area (Å²) in [5, 5.41) is 0. The van der Waals surface area contributed by atoms with Crippen LogP contribution in [-0.4, -0.2) is 37.2 Å². The van der Waals surface area contributed by atoms with Crippen molar-refractivity contribution in [3.63, 3.8) is 0 Å². The zero-order chi connectivity index (χ0) is 48.6. The Bertz CT molecular complexity index is 1390. The van der Waals surface area contributed by atoms with Gasteiger partial charge in [0.1, 0.15) is 13.2 Å². The van der Waals surface area contributed by atoms with Gasteiger partial charge in [0.25, 0.3) is 0 Å². The smallest absolute Gasteiger partial charge is 0.306 e. The number of allylic oxidation sites excluding steroid dienone is 18. The molecule has 0 heterocycles. The summed E-state index contributed by atoms with van der Waals surface area (Å²) in [6.07, 6.45) is 73.6. The van der Waals surface area contributed by atoms with Crippen molar-refractivity contribution in [2.24, 2.45) is 0 Å². The van der Waals surface area contributed by atoms with E-state index >= 15 is 0 Å². The number of rotatable bonds is 48. The molecule has 6 nitrogen and oxygen atoms in total. The van der Waals surface area contributed by atoms with Gasteiger partial charge in [-0.15, -0.1) is 0 Å². The summed E-state index contributed by atoms with van der Waals surface area (Å²) < 4.78 is 16.8. The molecule has 0 aromatic rings. The molecule has 0 fully saturated rings. The Kier molecular flexibility index (Phi) is 51.5. The highest BCUT2D eigenvalue weighted by molar-refractivity contribution is 5.71. The van der Waals surface area contributed by atoms with Gasteiger partial charge in [-0.2, -0.15) is 0 Å². The van der Waals surface area contributed by atoms with E-state index in [2.05, 4.69) is 130 Å². The standard InChI is InChI=1S/C61H100O6/c1-4-7-10-13-16-19-22-25-27-28-29-30-31-32-34-36-39-42-45-48-51-54-60(63)66-57-58(56-65-59(62)53-50-47-44-41-38-35-24-21-18-15-12-9-6-3)67-61(64)55-52-49-46-43-40-37-33-26-23-20-17-14-11-8-5-2/h7-8,10-11,16-17,19-20,25-27,29-30,32-34,39,42,58H,4-6,9,12-15,18,21-24,28,31,35-38,40-41,43-57H2,1-3H3/b10-7-,11-8-,19-16-,20-17-,27-25-,30-29-,33-26-,34-32-,42-39-. The van der Waals surface area contributed by atoms with E-state index < -0.39 is 6.10 Å². The Morgan fingerprint density at radius 1 is 0.313 bits per heavy atom. The van der Waals surface area contributed by atoms with Crippen molar-refractivity contribution >= 4 is 17.9 Å². The third kappa shape index (κ3) is 52.9. The summed E-state index contributed by atoms with van der Waals surface area (Å²) in [5.74, 6) is -0.963. The molecule has 0 radical (unpaired) electrons. The molecule has 1 atom stereocenters. The van der Waals surface area contributed by atoms with E-state index in [-0.39, 0.29) is 31.1 Å². The lowest BCUT2D eigenvalue weighted by atomic mass is 10.0. The molecule has 1 unspecified atom stereocenters. The molecule has 6 heteroatoms. The first kappa shape index (κ1) is 63.1. The zero-order valence-electron chi connectivity index (χ0n) is 43.4. The number of hydrogen-bond acceptors (Lipinski definition) is 6. The minimum Gasteiger partial charge on any atom is -0.462 e. The number of hydrogen-bond donors (Lipinski definition) is 0. The first-order chi connectivity index (χ1) is 33.0. The second kappa shape index (κ2) is 54.7. The highest BCUT2D eigenvalue weighted by Gasteiger charge is 2.19. The van der Waals surface area contributed by atoms with Crippen LogP contribution in [0.2, 0.25) is 0 Å². The van der Waals surface area contributed by atoms with Gasteiger partial charge >= 0.3 is 17.9 Å². The van der Waals surface area contributed by atoms with Crippen LogP contribution < -0.4 is 0 Å². The fourth-order valence-electron chi connectivity index (χ4n) is 7.22. The van der Waals surface area contributed by atoms with E-state index in [1.807, 2.05) is 0 Å². The summed E-state index contributed by atoms with van der Waals surface area (Å²) in [6.45, 7) is 6.36. The lowest BCUT2D eigenvalue weighted by Crippen LogP contribution is -2.30. The largest absolute Gasteiger partial charge is 0.462 e. The second-order valence-corrected chi connectivity index (χ2v) is 17.7. The van der Waals surface area contributed by atoms with E-state index in [0.717, 1.165) is 128 Å². The predicted molar refractivity (Wildman–Crippen MR) is 288 cm³/mol. The average Bonchev–Trinajstić information content (AvgIpc) is 3.33. The molecule has 0 aliphatic carbocycles. The van der Waals surface area contributed by atoms with Gasteiger partial charge < -0.3 is 14.2 Å². The molecule has 380 valence electrons. The van der Waals surface area contributed by atoms with Crippen LogP contribution in [0.5, 0.6) is 0 Å². The van der Waals surface area contributed by atoms with Crippen molar-refractivity contribution in [1.29, 1.82) is 0 Å². The van der Waals surface area contributed by atoms with Crippen molar-refractivity contribution in [3.8, 4) is 0 Å². The summed E-state index contributed by atoms with van der Waals surface area (Å²) >= 11 is 0. The van der Waals surface area contributed by atoms with Gasteiger partial charge in [0, 0.05) is 19.3 Å². The fourth-order valence-corrected chi connectivity index (χ4v) is 7.22. The topological polar surface area (TPSA) is 78.9 Å². The SMILES string of the molecule is CC/C=C\C/C=C\C/C=C\C/C=C\C/C=C\C/C=C\CCCCC(=O)OCC(COC(=O)CCCCCCCCCCCCCCC)OC(=O)CCCCCCC/C=C\C/C=C\C/C=C\CC. The molecule has 0 N–H and O–H groups in total. The number of carbonyl (C=O) groups excluding carboxylic acids is 3. The lowest BCUT2D eigenvalue weighted by molar-refractivity contribution is -0.167. The van der Waals surface area contributed by atoms with Crippen molar-refractivity contribution in [1.82, 2.24) is 0 Å². The van der Waals surface area contributed by atoms with E-state index in [9.17, 15) is 14.4 Å². The molecular formula is C61H100O6. The molecule has 0 aliphatic rings. The van der Waals surface area contributed by atoms with Crippen molar-refractivity contribution in [3.05, 3.63) is 109 Å². The van der Waals surface area contributed by atoms with Gasteiger partial charge in [0.2, 0.25) is 0 Å². The van der Waals surface area contributed by atoms with Gasteiger partial charge in [-0.3, -0.25) is 14.4 Å². The van der Waals surface area contributed by atoms with Gasteiger partial charge in [-0.1, -0.05) is 226 Å². The van der Waals surface area contributed by atoms with E-state index in [1.165, 1.54) is 64.2 Å². The van der Waals surface area contributed by atoms with Crippen molar-refractivity contribution in [2.45, 2.75) is 245 Å². The normalized spacial score (nSPS) is 12.9. The van der Waals surface area contributed by atoms with Crippen LogP contribution in [0.25, 0.3) is 0 Å². The first-order valence-electron chi connectivity index (χ1n) is 27.4. The minimum absolute atomic E-state index is 0.0990. The number of carbonyl (C=O) groups is 3. The summed E-state index contributed by atoms with van der Waals surface area (Å²) in [4.78, 5) is 38.1. The van der Waals surface area contributed by atoms with E-state index in [4.69, 9.17) is 14.2 Å². The van der Waals surface area contributed by atoms with Crippen LogP contribution in [0.3, 0.4) is 0 Å². The number of esters is 3. The quantitative estimate of drug-likeness (QED) is 0.0262. The van der Waals surface area contributed by atoms with Gasteiger partial charge in [0.15, 0.2) is 6.10 Å². The molecule has 0 aromatic heterocycles. The molecule has 0 aromatic carbocycles. The Hall–Kier alpha value is -3.93. The lowest BCUT2D eigenvalue weighted by Gasteiger charge is -2.18. The summed E-state index contributed by atoms with van der Waals surface area (Å²) in [6, 6.07) is 0. The Morgan fingerprint density at radius 3 is 0.940 bits per heavy atom. The molecule has 0 spiro atoms. The van der Waals surface area contributed by atoms with Crippen LogP contribution >= 0.6 is 0 Å². The van der Waals surface area contributed by atoms with Crippen LogP contribution in [-0.2, 0) is 28.6 Å². The third-order valence-corrected chi connectivity index (χ3v) is 11.3. The first-order valence-corrected chi connectivity index (χ1v) is 27.4. The maximum Gasteiger partial charge on any atom is 0.306 e. The average molecular weight is 929 g/mol. The maximum absolute atomic E-state index is 12.8. The molecule has 0 amide bonds. The summed E-state index contributed by atoms with van der Waals surface area (Å²) in [7, 11) is 0. The van der Waals surface area contributed by atoms with Crippen LogP contribution in [0.4, 0.5) is 0 Å². The third-order valence-electron chi connectivity index (χ3n) is 11.3. The zero-order valence-corrected chi connectivity index (χ0v) is 43.4. The van der Waals surface area contributed by atoms with Gasteiger partial charge in [-0.25, -0.2) is 0 Å². The van der Waals surface area contributed by atoms with Crippen molar-refractivity contribution < 1.29 is 28.6 Å². The molecule has 67 heavy (non-hydrogen) atoms. The highest BCUT2D eigenvalue weighted by Crippen LogP contribution is 2.14. The molecule has 0 aliphatic heterocycles. The molecule has 0 saturated carbocycles. The predicted octanol–water partition coefficient (Wildman–Crippen LogP) is 18.3. The van der Waals surface area contributed by atoms with Gasteiger partial charge in [0.05, 0.1) is 0 Å². The molecule has 0 rings (SSSR count). The molecule has 0 bridgehead atoms. The van der Waals surface area contributed by atoms with Crippen molar-refractivity contribution in [2.75, 3.05) is 13.2 Å². The number of ether oxygens (including phenoxy) is 3. The van der Waals surface area contributed by atoms with Crippen LogP contribution in [0.1, 0.15) is 239 Å². The highest BCUT2D eigenvalue weighted by atomic mass is 16.6. The second-order valence-electron chi connectivity index (χ2n) is 17.7. The van der Waals surface area contributed by atoms with E-state index in [0.29, 0.717) is 25.7 Å².